The second kappa shape index (κ2) is 8.11. The molecule has 0 heterocycles. The SMILES string of the molecule is COCCN(CC(=O)O)C(=O)Nc1cccc(N(C)C)c1. The monoisotopic (exact) mass is 295 g/mol. The standard InChI is InChI=1S/C14H21N3O4/c1-16(2)12-6-4-5-11(9-12)15-14(20)17(7-8-21-3)10-13(18)19/h4-6,9H,7-8,10H2,1-3H3,(H,15,20)(H,18,19). The Balaban J connectivity index is 2.75. The summed E-state index contributed by atoms with van der Waals surface area (Å²) < 4.78 is 4.88. The molecule has 0 bridgehead atoms. The van der Waals surface area contributed by atoms with E-state index in [9.17, 15) is 9.59 Å². The average Bonchev–Trinajstić information content (AvgIpc) is 2.43. The molecule has 0 aliphatic rings. The molecule has 21 heavy (non-hydrogen) atoms. The van der Waals surface area contributed by atoms with Gasteiger partial charge in [0.2, 0.25) is 0 Å². The molecule has 0 saturated heterocycles. The molecule has 0 aliphatic heterocycles. The maximum Gasteiger partial charge on any atom is 0.323 e. The average molecular weight is 295 g/mol. The van der Waals surface area contributed by atoms with Gasteiger partial charge in [-0.25, -0.2) is 4.79 Å². The van der Waals surface area contributed by atoms with E-state index in [1.165, 1.54) is 12.0 Å². The number of amides is 2. The lowest BCUT2D eigenvalue weighted by atomic mass is 10.2. The number of carbonyl (C=O) groups excluding carboxylic acids is 1. The molecule has 2 N–H and O–H groups in total. The number of nitrogens with zero attached hydrogens (tertiary/aromatic N) is 2. The van der Waals surface area contributed by atoms with Crippen LogP contribution in [0.15, 0.2) is 24.3 Å². The fourth-order valence-corrected chi connectivity index (χ4v) is 1.68. The fourth-order valence-electron chi connectivity index (χ4n) is 1.68. The summed E-state index contributed by atoms with van der Waals surface area (Å²) in [5.41, 5.74) is 1.55. The molecule has 0 spiro atoms. The number of hydrogen-bond donors (Lipinski definition) is 2. The quantitative estimate of drug-likeness (QED) is 0.792. The maximum absolute atomic E-state index is 12.1. The third-order valence-electron chi connectivity index (χ3n) is 2.79. The van der Waals surface area contributed by atoms with Gasteiger partial charge in [-0.3, -0.25) is 4.79 Å². The number of benzene rings is 1. The van der Waals surface area contributed by atoms with Crippen LogP contribution in [0.1, 0.15) is 0 Å². The first-order chi connectivity index (χ1) is 9.93. The molecule has 0 saturated carbocycles. The highest BCUT2D eigenvalue weighted by molar-refractivity contribution is 5.91. The van der Waals surface area contributed by atoms with Crippen molar-refractivity contribution < 1.29 is 19.4 Å². The Labute approximate surface area is 124 Å². The number of aliphatic carboxylic acids is 1. The summed E-state index contributed by atoms with van der Waals surface area (Å²) in [6.07, 6.45) is 0. The number of carbonyl (C=O) groups is 2. The summed E-state index contributed by atoms with van der Waals surface area (Å²) in [4.78, 5) is 26.0. The van der Waals surface area contributed by atoms with E-state index >= 15 is 0 Å². The Hall–Kier alpha value is -2.28. The van der Waals surface area contributed by atoms with Crippen LogP contribution in [0, 0.1) is 0 Å². The van der Waals surface area contributed by atoms with Crippen LogP contribution in [0.4, 0.5) is 16.2 Å². The van der Waals surface area contributed by atoms with Crippen molar-refractivity contribution in [2.24, 2.45) is 0 Å². The molecule has 0 atom stereocenters. The van der Waals surface area contributed by atoms with Crippen molar-refractivity contribution in [1.82, 2.24) is 4.90 Å². The van der Waals surface area contributed by atoms with E-state index in [-0.39, 0.29) is 19.7 Å². The van der Waals surface area contributed by atoms with Gasteiger partial charge in [-0.05, 0) is 18.2 Å². The minimum atomic E-state index is -1.07. The van der Waals surface area contributed by atoms with Gasteiger partial charge in [0.15, 0.2) is 0 Å². The van der Waals surface area contributed by atoms with Gasteiger partial charge >= 0.3 is 12.0 Å². The second-order valence-electron chi connectivity index (χ2n) is 4.68. The van der Waals surface area contributed by atoms with E-state index in [4.69, 9.17) is 9.84 Å². The predicted molar refractivity (Wildman–Crippen MR) is 80.9 cm³/mol. The molecule has 1 rings (SSSR count). The molecule has 0 aromatic heterocycles. The number of ether oxygens (including phenoxy) is 1. The minimum absolute atomic E-state index is 0.210. The molecule has 7 heteroatoms. The number of carboxylic acids is 1. The molecule has 0 aliphatic carbocycles. The van der Waals surface area contributed by atoms with Crippen LogP contribution in [0.3, 0.4) is 0 Å². The van der Waals surface area contributed by atoms with Crippen molar-refractivity contribution >= 4 is 23.4 Å². The van der Waals surface area contributed by atoms with E-state index in [0.717, 1.165) is 5.69 Å². The Morgan fingerprint density at radius 1 is 1.33 bits per heavy atom. The third-order valence-corrected chi connectivity index (χ3v) is 2.79. The molecule has 1 aromatic rings. The van der Waals surface area contributed by atoms with Gasteiger partial charge in [0.25, 0.3) is 0 Å². The number of rotatable bonds is 7. The van der Waals surface area contributed by atoms with E-state index in [1.54, 1.807) is 6.07 Å². The Morgan fingerprint density at radius 2 is 2.05 bits per heavy atom. The van der Waals surface area contributed by atoms with Crippen LogP contribution in [-0.4, -0.2) is 62.9 Å². The van der Waals surface area contributed by atoms with Crippen molar-refractivity contribution in [1.29, 1.82) is 0 Å². The first-order valence-electron chi connectivity index (χ1n) is 6.48. The molecule has 116 valence electrons. The fraction of sp³-hybridized carbons (Fsp3) is 0.429. The van der Waals surface area contributed by atoms with Gasteiger partial charge in [0.1, 0.15) is 6.54 Å². The second-order valence-corrected chi connectivity index (χ2v) is 4.68. The van der Waals surface area contributed by atoms with Crippen LogP contribution >= 0.6 is 0 Å². The number of nitrogens with one attached hydrogen (secondary N) is 1. The molecular weight excluding hydrogens is 274 g/mol. The van der Waals surface area contributed by atoms with Crippen LogP contribution in [0.2, 0.25) is 0 Å². The predicted octanol–water partition coefficient (Wildman–Crippen LogP) is 1.32. The zero-order chi connectivity index (χ0) is 15.8. The lowest BCUT2D eigenvalue weighted by Gasteiger charge is -2.21. The smallest absolute Gasteiger partial charge is 0.323 e. The maximum atomic E-state index is 12.1. The van der Waals surface area contributed by atoms with Crippen molar-refractivity contribution in [2.75, 3.05) is 51.1 Å². The van der Waals surface area contributed by atoms with Crippen LogP contribution in [0.5, 0.6) is 0 Å². The summed E-state index contributed by atoms with van der Waals surface area (Å²) in [5.74, 6) is -1.07. The largest absolute Gasteiger partial charge is 0.480 e. The Bertz CT molecular complexity index is 491. The molecular formula is C14H21N3O4. The van der Waals surface area contributed by atoms with Gasteiger partial charge in [0, 0.05) is 39.1 Å². The number of anilines is 2. The lowest BCUT2D eigenvalue weighted by molar-refractivity contribution is -0.137. The molecule has 0 radical (unpaired) electrons. The summed E-state index contributed by atoms with van der Waals surface area (Å²) in [7, 11) is 5.30. The van der Waals surface area contributed by atoms with Crippen LogP contribution < -0.4 is 10.2 Å². The third kappa shape index (κ3) is 5.70. The highest BCUT2D eigenvalue weighted by Gasteiger charge is 2.16. The van der Waals surface area contributed by atoms with Crippen molar-refractivity contribution in [3.63, 3.8) is 0 Å². The van der Waals surface area contributed by atoms with E-state index in [0.29, 0.717) is 5.69 Å². The van der Waals surface area contributed by atoms with Gasteiger partial charge in [0.05, 0.1) is 6.61 Å². The van der Waals surface area contributed by atoms with Gasteiger partial charge in [-0.2, -0.15) is 0 Å². The summed E-state index contributed by atoms with van der Waals surface area (Å²) in [5, 5.41) is 11.5. The Morgan fingerprint density at radius 3 is 2.62 bits per heavy atom. The van der Waals surface area contributed by atoms with Crippen LogP contribution in [-0.2, 0) is 9.53 Å². The van der Waals surface area contributed by atoms with Crippen LogP contribution in [0.25, 0.3) is 0 Å². The zero-order valence-corrected chi connectivity index (χ0v) is 12.5. The number of hydrogen-bond acceptors (Lipinski definition) is 4. The Kier molecular flexibility index (Phi) is 6.48. The van der Waals surface area contributed by atoms with E-state index in [2.05, 4.69) is 5.32 Å². The summed E-state index contributed by atoms with van der Waals surface area (Å²) >= 11 is 0. The van der Waals surface area contributed by atoms with Gasteiger partial charge in [-0.15, -0.1) is 0 Å². The highest BCUT2D eigenvalue weighted by atomic mass is 16.5. The highest BCUT2D eigenvalue weighted by Crippen LogP contribution is 2.17. The van der Waals surface area contributed by atoms with Crippen molar-refractivity contribution in [3.8, 4) is 0 Å². The van der Waals surface area contributed by atoms with E-state index in [1.807, 2.05) is 37.2 Å². The molecule has 0 unspecified atom stereocenters. The first-order valence-corrected chi connectivity index (χ1v) is 6.48. The number of carboxylic acid groups (broad SMARTS) is 1. The molecule has 2 amide bonds. The lowest BCUT2D eigenvalue weighted by Crippen LogP contribution is -2.40. The van der Waals surface area contributed by atoms with Gasteiger partial charge < -0.3 is 25.0 Å². The molecule has 1 aromatic carbocycles. The number of urea groups is 1. The summed E-state index contributed by atoms with van der Waals surface area (Å²) in [6, 6.07) is 6.83. The van der Waals surface area contributed by atoms with Gasteiger partial charge in [-0.1, -0.05) is 6.07 Å². The summed E-state index contributed by atoms with van der Waals surface area (Å²) in [6.45, 7) is 0.114. The molecule has 7 nitrogen and oxygen atoms in total. The zero-order valence-electron chi connectivity index (χ0n) is 12.5. The number of methoxy groups -OCH3 is 1. The van der Waals surface area contributed by atoms with Crippen molar-refractivity contribution in [3.05, 3.63) is 24.3 Å². The van der Waals surface area contributed by atoms with Crippen molar-refractivity contribution in [2.45, 2.75) is 0 Å². The normalized spacial score (nSPS) is 10.0. The van der Waals surface area contributed by atoms with E-state index < -0.39 is 12.0 Å². The molecule has 0 fully saturated rings. The minimum Gasteiger partial charge on any atom is -0.480 e. The topological polar surface area (TPSA) is 82.1 Å². The first kappa shape index (κ1) is 16.8.